The van der Waals surface area contributed by atoms with E-state index in [1.54, 1.807) is 0 Å². The number of aliphatic imine (C=N–C) groups is 1. The normalized spacial score (nSPS) is 15.4. The summed E-state index contributed by atoms with van der Waals surface area (Å²) < 4.78 is 1.97. The third-order valence-corrected chi connectivity index (χ3v) is 5.51. The van der Waals surface area contributed by atoms with Crippen molar-refractivity contribution in [2.45, 2.75) is 26.9 Å². The van der Waals surface area contributed by atoms with E-state index in [0.29, 0.717) is 13.1 Å². The number of anilines is 1. The Bertz CT molecular complexity index is 988. The highest BCUT2D eigenvalue weighted by Crippen LogP contribution is 2.14. The summed E-state index contributed by atoms with van der Waals surface area (Å²) in [5, 5.41) is 15.1. The van der Waals surface area contributed by atoms with E-state index in [2.05, 4.69) is 61.6 Å². The van der Waals surface area contributed by atoms with Crippen LogP contribution < -0.4 is 15.5 Å². The van der Waals surface area contributed by atoms with Crippen LogP contribution in [0.15, 0.2) is 47.7 Å². The number of rotatable bonds is 7. The molecule has 0 saturated carbocycles. The molecule has 0 bridgehead atoms. The summed E-state index contributed by atoms with van der Waals surface area (Å²) in [6.07, 6.45) is 3.90. The van der Waals surface area contributed by atoms with Crippen molar-refractivity contribution in [2.24, 2.45) is 4.99 Å². The summed E-state index contributed by atoms with van der Waals surface area (Å²) in [7, 11) is 0. The van der Waals surface area contributed by atoms with Crippen LogP contribution in [0.3, 0.4) is 0 Å². The van der Waals surface area contributed by atoms with E-state index in [0.717, 1.165) is 68.1 Å². The Balaban J connectivity index is 1.34. The zero-order chi connectivity index (χ0) is 21.5. The van der Waals surface area contributed by atoms with E-state index >= 15 is 0 Å². The minimum atomic E-state index is 0.540. The molecule has 0 spiro atoms. The predicted octanol–water partition coefficient (Wildman–Crippen LogP) is 1.52. The second-order valence-corrected chi connectivity index (χ2v) is 7.54. The molecule has 4 rings (SSSR count). The van der Waals surface area contributed by atoms with Crippen molar-refractivity contribution in [1.29, 1.82) is 0 Å². The van der Waals surface area contributed by atoms with Crippen LogP contribution in [0.25, 0.3) is 5.65 Å². The van der Waals surface area contributed by atoms with E-state index in [1.807, 2.05) is 35.0 Å². The van der Waals surface area contributed by atoms with Crippen molar-refractivity contribution in [3.8, 4) is 0 Å². The number of likely N-dealkylation sites (N-methyl/N-ethyl adjacent to an activating group) is 1. The quantitative estimate of drug-likeness (QED) is 0.442. The molecule has 1 aliphatic rings. The number of aromatic nitrogens is 4. The number of hydrogen-bond donors (Lipinski definition) is 2. The SMILES string of the molecule is CCNC(=NCc1ccc(N2CCN(CC)CC2)nc1)NCc1nnc2ccccn12. The van der Waals surface area contributed by atoms with E-state index in [4.69, 9.17) is 4.99 Å². The molecule has 0 aromatic carbocycles. The van der Waals surface area contributed by atoms with E-state index < -0.39 is 0 Å². The average molecular weight is 422 g/mol. The summed E-state index contributed by atoms with van der Waals surface area (Å²) in [6, 6.07) is 10.1. The highest BCUT2D eigenvalue weighted by Gasteiger charge is 2.16. The van der Waals surface area contributed by atoms with Crippen molar-refractivity contribution in [2.75, 3.05) is 44.2 Å². The van der Waals surface area contributed by atoms with Crippen LogP contribution in [0, 0.1) is 0 Å². The minimum Gasteiger partial charge on any atom is -0.357 e. The molecule has 0 amide bonds. The fourth-order valence-electron chi connectivity index (χ4n) is 3.68. The maximum atomic E-state index is 4.70. The predicted molar refractivity (Wildman–Crippen MR) is 123 cm³/mol. The van der Waals surface area contributed by atoms with Gasteiger partial charge < -0.3 is 20.4 Å². The summed E-state index contributed by atoms with van der Waals surface area (Å²) in [5.74, 6) is 2.64. The van der Waals surface area contributed by atoms with Gasteiger partial charge in [-0.25, -0.2) is 9.98 Å². The lowest BCUT2D eigenvalue weighted by Gasteiger charge is -2.34. The van der Waals surface area contributed by atoms with Crippen LogP contribution in [0.2, 0.25) is 0 Å². The molecule has 1 fully saturated rings. The Labute approximate surface area is 183 Å². The summed E-state index contributed by atoms with van der Waals surface area (Å²) in [5.41, 5.74) is 1.92. The third-order valence-electron chi connectivity index (χ3n) is 5.51. The Kier molecular flexibility index (Phi) is 6.93. The Morgan fingerprint density at radius 1 is 1.03 bits per heavy atom. The molecule has 164 valence electrons. The van der Waals surface area contributed by atoms with Crippen LogP contribution in [-0.4, -0.2) is 69.7 Å². The first kappa shape index (κ1) is 21.0. The smallest absolute Gasteiger partial charge is 0.191 e. The molecular weight excluding hydrogens is 390 g/mol. The van der Waals surface area contributed by atoms with Gasteiger partial charge in [0.05, 0.1) is 13.1 Å². The molecule has 2 N–H and O–H groups in total. The van der Waals surface area contributed by atoms with Crippen molar-refractivity contribution >= 4 is 17.4 Å². The summed E-state index contributed by atoms with van der Waals surface area (Å²) in [6.45, 7) is 11.5. The number of nitrogens with one attached hydrogen (secondary N) is 2. The van der Waals surface area contributed by atoms with Gasteiger partial charge in [-0.15, -0.1) is 10.2 Å². The highest BCUT2D eigenvalue weighted by molar-refractivity contribution is 5.79. The number of fused-ring (bicyclic) bond motifs is 1. The van der Waals surface area contributed by atoms with E-state index in [-0.39, 0.29) is 0 Å². The molecule has 3 aromatic rings. The van der Waals surface area contributed by atoms with Crippen molar-refractivity contribution in [3.05, 3.63) is 54.1 Å². The molecular formula is C22H31N9. The van der Waals surface area contributed by atoms with Crippen molar-refractivity contribution in [3.63, 3.8) is 0 Å². The number of hydrogen-bond acceptors (Lipinski definition) is 6. The Hall–Kier alpha value is -3.20. The first-order valence-corrected chi connectivity index (χ1v) is 11.0. The monoisotopic (exact) mass is 421 g/mol. The molecule has 1 aliphatic heterocycles. The fourth-order valence-corrected chi connectivity index (χ4v) is 3.68. The standard InChI is InChI=1S/C22H31N9/c1-3-23-22(26-17-21-28-27-20-7-5-6-10-31(20)21)25-16-18-8-9-19(24-15-18)30-13-11-29(4-2)12-14-30/h5-10,15H,3-4,11-14,16-17H2,1-2H3,(H2,23,25,26). The second-order valence-electron chi connectivity index (χ2n) is 7.54. The largest absolute Gasteiger partial charge is 0.357 e. The lowest BCUT2D eigenvalue weighted by molar-refractivity contribution is 0.270. The molecule has 0 atom stereocenters. The lowest BCUT2D eigenvalue weighted by atomic mass is 10.2. The number of pyridine rings is 2. The van der Waals surface area contributed by atoms with Crippen molar-refractivity contribution in [1.82, 2.24) is 35.1 Å². The highest BCUT2D eigenvalue weighted by atomic mass is 15.3. The van der Waals surface area contributed by atoms with Gasteiger partial charge in [0.2, 0.25) is 0 Å². The second kappa shape index (κ2) is 10.2. The molecule has 0 unspecified atom stereocenters. The molecule has 1 saturated heterocycles. The van der Waals surface area contributed by atoms with Gasteiger partial charge >= 0.3 is 0 Å². The molecule has 0 aliphatic carbocycles. The lowest BCUT2D eigenvalue weighted by Crippen LogP contribution is -2.46. The molecule has 0 radical (unpaired) electrons. The first-order chi connectivity index (χ1) is 15.3. The number of nitrogens with zero attached hydrogens (tertiary/aromatic N) is 7. The van der Waals surface area contributed by atoms with Gasteiger partial charge in [-0.1, -0.05) is 19.1 Å². The van der Waals surface area contributed by atoms with Gasteiger partial charge in [-0.3, -0.25) is 4.40 Å². The molecule has 9 nitrogen and oxygen atoms in total. The maximum Gasteiger partial charge on any atom is 0.191 e. The van der Waals surface area contributed by atoms with Gasteiger partial charge in [0.1, 0.15) is 5.82 Å². The van der Waals surface area contributed by atoms with Gasteiger partial charge in [0.25, 0.3) is 0 Å². The van der Waals surface area contributed by atoms with Crippen LogP contribution in [0.1, 0.15) is 25.2 Å². The van der Waals surface area contributed by atoms with Gasteiger partial charge in [0.15, 0.2) is 17.4 Å². The minimum absolute atomic E-state index is 0.540. The van der Waals surface area contributed by atoms with Gasteiger partial charge in [-0.05, 0) is 37.2 Å². The Morgan fingerprint density at radius 3 is 2.65 bits per heavy atom. The first-order valence-electron chi connectivity index (χ1n) is 11.0. The van der Waals surface area contributed by atoms with Gasteiger partial charge in [0, 0.05) is 45.1 Å². The summed E-state index contributed by atoms with van der Waals surface area (Å²) >= 11 is 0. The maximum absolute atomic E-state index is 4.70. The van der Waals surface area contributed by atoms with Gasteiger partial charge in [-0.2, -0.15) is 0 Å². The zero-order valence-corrected chi connectivity index (χ0v) is 18.3. The molecule has 9 heteroatoms. The van der Waals surface area contributed by atoms with Crippen molar-refractivity contribution < 1.29 is 0 Å². The van der Waals surface area contributed by atoms with E-state index in [9.17, 15) is 0 Å². The van der Waals surface area contributed by atoms with Crippen LogP contribution >= 0.6 is 0 Å². The van der Waals surface area contributed by atoms with E-state index in [1.165, 1.54) is 0 Å². The van der Waals surface area contributed by atoms with Crippen LogP contribution in [0.5, 0.6) is 0 Å². The number of guanidine groups is 1. The average Bonchev–Trinajstić information content (AvgIpc) is 3.24. The molecule has 3 aromatic heterocycles. The van der Waals surface area contributed by atoms with Crippen LogP contribution in [0.4, 0.5) is 5.82 Å². The molecule has 4 heterocycles. The Morgan fingerprint density at radius 2 is 1.90 bits per heavy atom. The molecule has 31 heavy (non-hydrogen) atoms. The number of piperazine rings is 1. The zero-order valence-electron chi connectivity index (χ0n) is 18.3. The third kappa shape index (κ3) is 5.29. The van der Waals surface area contributed by atoms with Crippen LogP contribution in [-0.2, 0) is 13.1 Å². The fraction of sp³-hybridized carbons (Fsp3) is 0.455. The topological polar surface area (TPSA) is 86.0 Å². The summed E-state index contributed by atoms with van der Waals surface area (Å²) in [4.78, 5) is 14.2.